The number of para-hydroxylation sites is 1. The fourth-order valence-corrected chi connectivity index (χ4v) is 2.88. The molecule has 0 saturated carbocycles. The molecule has 1 heterocycles. The number of fused-ring (bicyclic) bond motifs is 1. The third kappa shape index (κ3) is 3.50. The average Bonchev–Trinajstić information content (AvgIpc) is 2.65. The number of nitro benzene ring substituents is 1. The second-order valence-corrected chi connectivity index (χ2v) is 5.67. The summed E-state index contributed by atoms with van der Waals surface area (Å²) in [6, 6.07) is 11.5. The molecule has 7 heteroatoms. The molecule has 2 aromatic rings. The van der Waals surface area contributed by atoms with Gasteiger partial charge < -0.3 is 9.64 Å². The van der Waals surface area contributed by atoms with Crippen molar-refractivity contribution in [2.75, 3.05) is 18.1 Å². The summed E-state index contributed by atoms with van der Waals surface area (Å²) in [6.07, 6.45) is 2.29. The Morgan fingerprint density at radius 3 is 2.84 bits per heavy atom. The van der Waals surface area contributed by atoms with Crippen LogP contribution in [0.15, 0.2) is 42.5 Å². The third-order valence-electron chi connectivity index (χ3n) is 4.08. The highest BCUT2D eigenvalue weighted by atomic mass is 16.6. The molecule has 3 rings (SSSR count). The number of carbonyl (C=O) groups is 2. The summed E-state index contributed by atoms with van der Waals surface area (Å²) in [5.41, 5.74) is 1.79. The molecule has 0 atom stereocenters. The molecule has 0 N–H and O–H groups in total. The first kappa shape index (κ1) is 16.6. The van der Waals surface area contributed by atoms with Crippen LogP contribution in [0, 0.1) is 10.1 Å². The molecule has 0 aliphatic carbocycles. The second-order valence-electron chi connectivity index (χ2n) is 5.67. The van der Waals surface area contributed by atoms with Crippen molar-refractivity contribution in [2.45, 2.75) is 12.8 Å². The van der Waals surface area contributed by atoms with Gasteiger partial charge in [0.25, 0.3) is 5.91 Å². The van der Waals surface area contributed by atoms with Gasteiger partial charge in [0.05, 0.1) is 4.92 Å². The van der Waals surface area contributed by atoms with E-state index in [1.165, 1.54) is 12.1 Å². The summed E-state index contributed by atoms with van der Waals surface area (Å²) in [7, 11) is 0. The van der Waals surface area contributed by atoms with E-state index in [0.717, 1.165) is 30.2 Å². The number of amides is 1. The Morgan fingerprint density at radius 2 is 2.08 bits per heavy atom. The predicted molar refractivity (Wildman–Crippen MR) is 91.1 cm³/mol. The van der Waals surface area contributed by atoms with Gasteiger partial charge in [-0.15, -0.1) is 0 Å². The van der Waals surface area contributed by atoms with Crippen LogP contribution in [0.2, 0.25) is 0 Å². The van der Waals surface area contributed by atoms with Gasteiger partial charge in [-0.3, -0.25) is 19.7 Å². The number of nitro groups is 1. The molecule has 1 aliphatic heterocycles. The van der Waals surface area contributed by atoms with Gasteiger partial charge in [0.15, 0.2) is 12.4 Å². The first-order valence-electron chi connectivity index (χ1n) is 7.85. The van der Waals surface area contributed by atoms with Crippen molar-refractivity contribution in [3.05, 3.63) is 63.7 Å². The highest BCUT2D eigenvalue weighted by Gasteiger charge is 2.24. The maximum Gasteiger partial charge on any atom is 0.311 e. The van der Waals surface area contributed by atoms with Crippen LogP contribution in [0.3, 0.4) is 0 Å². The number of nitrogens with zero attached hydrogens (tertiary/aromatic N) is 2. The minimum atomic E-state index is -0.636. The minimum absolute atomic E-state index is 0.0331. The van der Waals surface area contributed by atoms with Gasteiger partial charge in [-0.25, -0.2) is 0 Å². The maximum absolute atomic E-state index is 12.5. The van der Waals surface area contributed by atoms with E-state index in [1.807, 2.05) is 24.3 Å². The molecule has 1 aliphatic rings. The zero-order valence-electron chi connectivity index (χ0n) is 13.4. The van der Waals surface area contributed by atoms with Crippen LogP contribution in [0.25, 0.3) is 0 Å². The molecule has 2 aromatic carbocycles. The molecule has 0 fully saturated rings. The molecular weight excluding hydrogens is 324 g/mol. The van der Waals surface area contributed by atoms with Crippen molar-refractivity contribution >= 4 is 23.6 Å². The average molecular weight is 340 g/mol. The molecule has 0 spiro atoms. The topological polar surface area (TPSA) is 89.8 Å². The van der Waals surface area contributed by atoms with Crippen LogP contribution in [0.4, 0.5) is 11.4 Å². The summed E-state index contributed by atoms with van der Waals surface area (Å²) in [6.45, 7) is 0.279. The summed E-state index contributed by atoms with van der Waals surface area (Å²) >= 11 is 0. The van der Waals surface area contributed by atoms with E-state index in [-0.39, 0.29) is 29.5 Å². The Kier molecular flexibility index (Phi) is 4.74. The quantitative estimate of drug-likeness (QED) is 0.474. The number of aryl methyl sites for hydroxylation is 1. The number of anilines is 1. The van der Waals surface area contributed by atoms with Crippen molar-refractivity contribution in [2.24, 2.45) is 0 Å². The molecule has 1 amide bonds. The van der Waals surface area contributed by atoms with E-state index in [4.69, 9.17) is 4.74 Å². The van der Waals surface area contributed by atoms with Crippen molar-refractivity contribution in [1.82, 2.24) is 0 Å². The molecule has 128 valence electrons. The van der Waals surface area contributed by atoms with Crippen LogP contribution in [-0.4, -0.2) is 30.3 Å². The standard InChI is InChI=1S/C18H16N2O5/c21-11-13-7-8-17(16(10-13)20(23)24)25-12-18(22)19-9-3-5-14-4-1-2-6-15(14)19/h1-2,4,6-8,10-11H,3,5,9,12H2. The Morgan fingerprint density at radius 1 is 1.28 bits per heavy atom. The van der Waals surface area contributed by atoms with E-state index in [9.17, 15) is 19.7 Å². The summed E-state index contributed by atoms with van der Waals surface area (Å²) in [5, 5.41) is 11.1. The second kappa shape index (κ2) is 7.12. The maximum atomic E-state index is 12.5. The normalized spacial score (nSPS) is 13.0. The third-order valence-corrected chi connectivity index (χ3v) is 4.08. The number of ether oxygens (including phenoxy) is 1. The van der Waals surface area contributed by atoms with E-state index in [0.29, 0.717) is 12.8 Å². The Balaban J connectivity index is 1.75. The van der Waals surface area contributed by atoms with Crippen molar-refractivity contribution in [1.29, 1.82) is 0 Å². The van der Waals surface area contributed by atoms with Gasteiger partial charge in [0.1, 0.15) is 6.29 Å². The van der Waals surface area contributed by atoms with Gasteiger partial charge in [-0.2, -0.15) is 0 Å². The number of rotatable bonds is 5. The van der Waals surface area contributed by atoms with Crippen LogP contribution in [0.5, 0.6) is 5.75 Å². The van der Waals surface area contributed by atoms with Gasteiger partial charge in [-0.1, -0.05) is 18.2 Å². The largest absolute Gasteiger partial charge is 0.477 e. The lowest BCUT2D eigenvalue weighted by Crippen LogP contribution is -2.38. The number of hydrogen-bond donors (Lipinski definition) is 0. The molecule has 0 aromatic heterocycles. The van der Waals surface area contributed by atoms with E-state index >= 15 is 0 Å². The highest BCUT2D eigenvalue weighted by Crippen LogP contribution is 2.29. The van der Waals surface area contributed by atoms with Gasteiger partial charge in [-0.05, 0) is 36.6 Å². The Bertz CT molecular complexity index is 834. The summed E-state index contributed by atoms with van der Waals surface area (Å²) < 4.78 is 5.38. The molecule has 0 unspecified atom stereocenters. The fourth-order valence-electron chi connectivity index (χ4n) is 2.88. The number of aldehydes is 1. The molecule has 0 saturated heterocycles. The first-order chi connectivity index (χ1) is 12.1. The van der Waals surface area contributed by atoms with Gasteiger partial charge in [0, 0.05) is 23.9 Å². The van der Waals surface area contributed by atoms with Crippen molar-refractivity contribution in [3.63, 3.8) is 0 Å². The molecule has 25 heavy (non-hydrogen) atoms. The van der Waals surface area contributed by atoms with Crippen LogP contribution in [0.1, 0.15) is 22.3 Å². The minimum Gasteiger partial charge on any atom is -0.477 e. The van der Waals surface area contributed by atoms with Gasteiger partial charge >= 0.3 is 5.69 Å². The van der Waals surface area contributed by atoms with Crippen molar-refractivity contribution < 1.29 is 19.2 Å². The molecule has 7 nitrogen and oxygen atoms in total. The van der Waals surface area contributed by atoms with E-state index in [2.05, 4.69) is 0 Å². The lowest BCUT2D eigenvalue weighted by molar-refractivity contribution is -0.385. The Hall–Kier alpha value is -3.22. The predicted octanol–water partition coefficient (Wildman–Crippen LogP) is 2.77. The lowest BCUT2D eigenvalue weighted by atomic mass is 10.0. The van der Waals surface area contributed by atoms with Gasteiger partial charge in [0.2, 0.25) is 0 Å². The molecule has 0 radical (unpaired) electrons. The fraction of sp³-hybridized carbons (Fsp3) is 0.222. The van der Waals surface area contributed by atoms with Crippen LogP contribution >= 0.6 is 0 Å². The summed E-state index contributed by atoms with van der Waals surface area (Å²) in [5.74, 6) is -0.296. The zero-order chi connectivity index (χ0) is 17.8. The number of carbonyl (C=O) groups excluding carboxylic acids is 2. The van der Waals surface area contributed by atoms with E-state index in [1.54, 1.807) is 4.90 Å². The zero-order valence-corrected chi connectivity index (χ0v) is 13.4. The Labute approximate surface area is 144 Å². The number of benzene rings is 2. The number of hydrogen-bond acceptors (Lipinski definition) is 5. The summed E-state index contributed by atoms with van der Waals surface area (Å²) in [4.78, 5) is 35.4. The highest BCUT2D eigenvalue weighted by molar-refractivity contribution is 5.95. The van der Waals surface area contributed by atoms with E-state index < -0.39 is 4.92 Å². The molecular formula is C18H16N2O5. The van der Waals surface area contributed by atoms with Crippen molar-refractivity contribution in [3.8, 4) is 5.75 Å². The van der Waals surface area contributed by atoms with Crippen LogP contribution < -0.4 is 9.64 Å². The first-order valence-corrected chi connectivity index (χ1v) is 7.85. The van der Waals surface area contributed by atoms with Crippen LogP contribution in [-0.2, 0) is 11.2 Å². The lowest BCUT2D eigenvalue weighted by Gasteiger charge is -2.29. The molecule has 0 bridgehead atoms. The SMILES string of the molecule is O=Cc1ccc(OCC(=O)N2CCCc3ccccc32)c([N+](=O)[O-])c1. The smallest absolute Gasteiger partial charge is 0.311 e. The monoisotopic (exact) mass is 340 g/mol.